The lowest BCUT2D eigenvalue weighted by Gasteiger charge is -2.09. The van der Waals surface area contributed by atoms with E-state index in [4.69, 9.17) is 0 Å². The summed E-state index contributed by atoms with van der Waals surface area (Å²) in [5.41, 5.74) is 7.88. The van der Waals surface area contributed by atoms with Crippen LogP contribution >= 0.6 is 0 Å². The molecule has 6 rings (SSSR count). The molecule has 4 nitrogen and oxygen atoms in total. The number of aromatic nitrogens is 2. The van der Waals surface area contributed by atoms with Crippen molar-refractivity contribution >= 4 is 56.2 Å². The Balaban J connectivity index is 1.45. The average molecular weight is 545 g/mol. The van der Waals surface area contributed by atoms with Gasteiger partial charge in [0.1, 0.15) is 0 Å². The van der Waals surface area contributed by atoms with Crippen LogP contribution in [0.1, 0.15) is 65.2 Å². The summed E-state index contributed by atoms with van der Waals surface area (Å²) in [5.74, 6) is 0. The molecule has 5 heteroatoms. The fourth-order valence-corrected chi connectivity index (χ4v) is 6.57. The minimum atomic E-state index is -1.48. The maximum absolute atomic E-state index is 9.91. The predicted octanol–water partition coefficient (Wildman–Crippen LogP) is 8.41. The summed E-state index contributed by atoms with van der Waals surface area (Å²) in [6.07, 6.45) is 9.83. The van der Waals surface area contributed by atoms with Gasteiger partial charge in [-0.2, -0.15) is 0 Å². The van der Waals surface area contributed by atoms with E-state index in [1.165, 1.54) is 83.4 Å². The first-order valence-corrected chi connectivity index (χ1v) is 15.5. The van der Waals surface area contributed by atoms with E-state index in [0.29, 0.717) is 5.46 Å². The maximum atomic E-state index is 9.91. The molecule has 6 aromatic rings. The van der Waals surface area contributed by atoms with Crippen LogP contribution in [0.3, 0.4) is 0 Å². The molecule has 0 saturated heterocycles. The second-order valence-electron chi connectivity index (χ2n) is 11.6. The van der Waals surface area contributed by atoms with E-state index in [9.17, 15) is 10.0 Å². The van der Waals surface area contributed by atoms with Crippen LogP contribution in [0.5, 0.6) is 0 Å². The molecule has 2 N–H and O–H groups in total. The van der Waals surface area contributed by atoms with E-state index in [1.807, 2.05) is 18.2 Å². The van der Waals surface area contributed by atoms with Gasteiger partial charge in [-0.1, -0.05) is 94.8 Å². The molecule has 210 valence electrons. The first-order valence-electron chi connectivity index (χ1n) is 15.5. The van der Waals surface area contributed by atoms with Crippen LogP contribution < -0.4 is 5.46 Å². The average Bonchev–Trinajstić information content (AvgIpc) is 3.48. The van der Waals surface area contributed by atoms with E-state index in [0.717, 1.165) is 35.8 Å². The third kappa shape index (κ3) is 5.29. The lowest BCUT2D eigenvalue weighted by molar-refractivity contribution is 0.426. The normalized spacial score (nSPS) is 11.9. The van der Waals surface area contributed by atoms with E-state index < -0.39 is 7.12 Å². The predicted molar refractivity (Wildman–Crippen MR) is 176 cm³/mol. The SMILES string of the molecule is CCCCCCn1c2ccccc2c2cc(-c3ccc4c(c3)c3cc(B(O)O)ccc3n4CCCCCC)ccc21. The highest BCUT2D eigenvalue weighted by molar-refractivity contribution is 6.59. The lowest BCUT2D eigenvalue weighted by atomic mass is 9.80. The molecule has 0 aliphatic heterocycles. The van der Waals surface area contributed by atoms with Gasteiger partial charge in [0.25, 0.3) is 0 Å². The van der Waals surface area contributed by atoms with Crippen LogP contribution in [-0.4, -0.2) is 26.3 Å². The van der Waals surface area contributed by atoms with Crippen molar-refractivity contribution in [1.82, 2.24) is 9.13 Å². The molecular weight excluding hydrogens is 503 g/mol. The van der Waals surface area contributed by atoms with E-state index in [-0.39, 0.29) is 0 Å². The summed E-state index contributed by atoms with van der Waals surface area (Å²) in [4.78, 5) is 0. The molecular formula is C36H41BN2O2. The number of fused-ring (bicyclic) bond motifs is 6. The van der Waals surface area contributed by atoms with Crippen LogP contribution in [0.15, 0.2) is 78.9 Å². The van der Waals surface area contributed by atoms with Crippen LogP contribution in [-0.2, 0) is 13.1 Å². The van der Waals surface area contributed by atoms with Crippen LogP contribution in [0.2, 0.25) is 0 Å². The zero-order chi connectivity index (χ0) is 28.3. The zero-order valence-electron chi connectivity index (χ0n) is 24.4. The molecule has 2 heterocycles. The molecule has 0 amide bonds. The maximum Gasteiger partial charge on any atom is 0.488 e. The fourth-order valence-electron chi connectivity index (χ4n) is 6.57. The first-order chi connectivity index (χ1) is 20.1. The second kappa shape index (κ2) is 12.1. The lowest BCUT2D eigenvalue weighted by Crippen LogP contribution is -2.29. The Kier molecular flexibility index (Phi) is 8.18. The highest BCUT2D eigenvalue weighted by Gasteiger charge is 2.17. The Hall–Kier alpha value is -3.54. The van der Waals surface area contributed by atoms with Gasteiger partial charge < -0.3 is 19.2 Å². The minimum absolute atomic E-state index is 0.529. The molecule has 4 aromatic carbocycles. The standard InChI is InChI=1S/C36H41BN2O2/c1-3-5-7-11-21-38-33-14-10-9-13-29(33)30-23-26(15-18-34(30)38)27-16-19-35-31(24-27)32-25-28(37(40)41)17-20-36(32)39(35)22-12-8-6-4-2/h9-10,13-20,23-25,40-41H,3-8,11-12,21-22H2,1-2H3. The highest BCUT2D eigenvalue weighted by atomic mass is 16.4. The van der Waals surface area contributed by atoms with Crippen LogP contribution in [0.4, 0.5) is 0 Å². The Morgan fingerprint density at radius 1 is 0.512 bits per heavy atom. The highest BCUT2D eigenvalue weighted by Crippen LogP contribution is 2.36. The number of nitrogens with zero attached hydrogens (tertiary/aromatic N) is 2. The number of hydrogen-bond acceptors (Lipinski definition) is 2. The molecule has 0 saturated carbocycles. The summed E-state index contributed by atoms with van der Waals surface area (Å²) in [7, 11) is -1.48. The van der Waals surface area contributed by atoms with E-state index >= 15 is 0 Å². The summed E-state index contributed by atoms with van der Waals surface area (Å²) < 4.78 is 4.91. The Morgan fingerprint density at radius 2 is 1.00 bits per heavy atom. The van der Waals surface area contributed by atoms with Crippen molar-refractivity contribution in [3.63, 3.8) is 0 Å². The molecule has 41 heavy (non-hydrogen) atoms. The van der Waals surface area contributed by atoms with Gasteiger partial charge >= 0.3 is 7.12 Å². The zero-order valence-corrected chi connectivity index (χ0v) is 24.4. The van der Waals surface area contributed by atoms with Gasteiger partial charge in [-0.25, -0.2) is 0 Å². The first kappa shape index (κ1) is 27.6. The molecule has 0 unspecified atom stereocenters. The van der Waals surface area contributed by atoms with Crippen molar-refractivity contribution < 1.29 is 10.0 Å². The van der Waals surface area contributed by atoms with Crippen molar-refractivity contribution in [3.05, 3.63) is 78.9 Å². The molecule has 0 spiro atoms. The van der Waals surface area contributed by atoms with Gasteiger partial charge in [-0.3, -0.25) is 0 Å². The minimum Gasteiger partial charge on any atom is -0.423 e. The molecule has 0 aliphatic carbocycles. The van der Waals surface area contributed by atoms with Gasteiger partial charge in [0.15, 0.2) is 0 Å². The summed E-state index contributed by atoms with van der Waals surface area (Å²) in [5, 5.41) is 24.7. The van der Waals surface area contributed by atoms with Crippen molar-refractivity contribution in [2.45, 2.75) is 78.3 Å². The third-order valence-corrected chi connectivity index (χ3v) is 8.76. The smallest absolute Gasteiger partial charge is 0.423 e. The summed E-state index contributed by atoms with van der Waals surface area (Å²) >= 11 is 0. The number of benzene rings is 4. The van der Waals surface area contributed by atoms with Crippen molar-refractivity contribution in [3.8, 4) is 11.1 Å². The quantitative estimate of drug-likeness (QED) is 0.120. The second-order valence-corrected chi connectivity index (χ2v) is 11.6. The monoisotopic (exact) mass is 544 g/mol. The number of aryl methyl sites for hydroxylation is 2. The summed E-state index contributed by atoms with van der Waals surface area (Å²) in [6.45, 7) is 6.52. The van der Waals surface area contributed by atoms with Gasteiger partial charge in [-0.05, 0) is 65.8 Å². The van der Waals surface area contributed by atoms with Crippen LogP contribution in [0, 0.1) is 0 Å². The van der Waals surface area contributed by atoms with Crippen LogP contribution in [0.25, 0.3) is 54.7 Å². The number of para-hydroxylation sites is 1. The van der Waals surface area contributed by atoms with Gasteiger partial charge in [0.2, 0.25) is 0 Å². The molecule has 0 radical (unpaired) electrons. The number of hydrogen-bond donors (Lipinski definition) is 2. The largest absolute Gasteiger partial charge is 0.488 e. The Morgan fingerprint density at radius 3 is 1.56 bits per heavy atom. The van der Waals surface area contributed by atoms with E-state index in [1.54, 1.807) is 0 Å². The fraction of sp³-hybridized carbons (Fsp3) is 0.333. The van der Waals surface area contributed by atoms with E-state index in [2.05, 4.69) is 83.6 Å². The Bertz CT molecular complexity index is 1810. The molecule has 2 aromatic heterocycles. The summed E-state index contributed by atoms with van der Waals surface area (Å²) in [6, 6.07) is 28.3. The van der Waals surface area contributed by atoms with Crippen molar-refractivity contribution in [1.29, 1.82) is 0 Å². The molecule has 0 bridgehead atoms. The van der Waals surface area contributed by atoms with Crippen molar-refractivity contribution in [2.24, 2.45) is 0 Å². The van der Waals surface area contributed by atoms with Gasteiger partial charge in [0.05, 0.1) is 0 Å². The molecule has 0 fully saturated rings. The van der Waals surface area contributed by atoms with Crippen molar-refractivity contribution in [2.75, 3.05) is 0 Å². The topological polar surface area (TPSA) is 50.3 Å². The Labute approximate surface area is 243 Å². The third-order valence-electron chi connectivity index (χ3n) is 8.76. The van der Waals surface area contributed by atoms with Gasteiger partial charge in [-0.15, -0.1) is 0 Å². The number of unbranched alkanes of at least 4 members (excludes halogenated alkanes) is 6. The molecule has 0 atom stereocenters. The van der Waals surface area contributed by atoms with Gasteiger partial charge in [0, 0.05) is 56.7 Å². The molecule has 0 aliphatic rings. The number of rotatable bonds is 12.